The Kier molecular flexibility index (Phi) is 6.36. The highest BCUT2D eigenvalue weighted by molar-refractivity contribution is 5.92. The number of benzene rings is 2. The number of hydrogen-bond acceptors (Lipinski definition) is 7. The zero-order valence-electron chi connectivity index (χ0n) is 16.0. The van der Waals surface area contributed by atoms with Crippen LogP contribution in [0.25, 0.3) is 0 Å². The maximum absolute atomic E-state index is 12.3. The molecule has 0 bridgehead atoms. The molecular formula is C21H20N4O4. The van der Waals surface area contributed by atoms with Gasteiger partial charge >= 0.3 is 5.97 Å². The number of para-hydroxylation sites is 1. The fraction of sp³-hybridized carbons (Fsp3) is 0.143. The number of rotatable bonds is 7. The van der Waals surface area contributed by atoms with Gasteiger partial charge in [0, 0.05) is 17.8 Å². The largest absolute Gasteiger partial charge is 0.496 e. The molecule has 29 heavy (non-hydrogen) atoms. The number of esters is 1. The van der Waals surface area contributed by atoms with Crippen LogP contribution in [0.4, 0.5) is 11.5 Å². The molecule has 0 saturated carbocycles. The van der Waals surface area contributed by atoms with Gasteiger partial charge in [-0.1, -0.05) is 18.2 Å². The van der Waals surface area contributed by atoms with Gasteiger partial charge in [-0.05, 0) is 42.5 Å². The number of nitrogens with one attached hydrogen (secondary N) is 2. The minimum Gasteiger partial charge on any atom is -0.496 e. The van der Waals surface area contributed by atoms with E-state index in [0.717, 1.165) is 11.3 Å². The summed E-state index contributed by atoms with van der Waals surface area (Å²) in [4.78, 5) is 23.8. The smallest absolute Gasteiger partial charge is 0.337 e. The lowest BCUT2D eigenvalue weighted by molar-refractivity contribution is 0.0600. The number of nitrogens with zero attached hydrogens (tertiary/aromatic N) is 2. The van der Waals surface area contributed by atoms with Crippen LogP contribution in [0.15, 0.2) is 60.7 Å². The highest BCUT2D eigenvalue weighted by atomic mass is 16.5. The number of ether oxygens (including phenoxy) is 2. The average Bonchev–Trinajstić information content (AvgIpc) is 2.78. The van der Waals surface area contributed by atoms with Gasteiger partial charge in [-0.3, -0.25) is 4.79 Å². The Balaban J connectivity index is 1.59. The van der Waals surface area contributed by atoms with Crippen LogP contribution in [0.2, 0.25) is 0 Å². The minimum absolute atomic E-state index is 0.200. The van der Waals surface area contributed by atoms with Crippen molar-refractivity contribution >= 4 is 23.4 Å². The summed E-state index contributed by atoms with van der Waals surface area (Å²) in [6.45, 7) is 0.317. The monoisotopic (exact) mass is 392 g/mol. The van der Waals surface area contributed by atoms with Crippen molar-refractivity contribution in [3.63, 3.8) is 0 Å². The fourth-order valence-electron chi connectivity index (χ4n) is 2.59. The van der Waals surface area contributed by atoms with E-state index in [-0.39, 0.29) is 11.6 Å². The maximum atomic E-state index is 12.3. The third-order valence-electron chi connectivity index (χ3n) is 4.11. The predicted molar refractivity (Wildman–Crippen MR) is 107 cm³/mol. The predicted octanol–water partition coefficient (Wildman–Crippen LogP) is 2.95. The van der Waals surface area contributed by atoms with Crippen molar-refractivity contribution in [3.05, 3.63) is 77.5 Å². The van der Waals surface area contributed by atoms with E-state index in [9.17, 15) is 9.59 Å². The molecule has 148 valence electrons. The molecule has 2 N–H and O–H groups in total. The molecule has 0 spiro atoms. The Morgan fingerprint density at radius 2 is 1.69 bits per heavy atom. The lowest BCUT2D eigenvalue weighted by atomic mass is 10.2. The molecule has 3 aromatic rings. The third-order valence-corrected chi connectivity index (χ3v) is 4.11. The van der Waals surface area contributed by atoms with Crippen molar-refractivity contribution < 1.29 is 19.1 Å². The SMILES string of the molecule is COC(=O)c1ccc(Nc2ccc(C(=O)NCc3ccccc3OC)nn2)cc1. The molecule has 0 fully saturated rings. The lowest BCUT2D eigenvalue weighted by Crippen LogP contribution is -2.24. The maximum Gasteiger partial charge on any atom is 0.337 e. The second kappa shape index (κ2) is 9.32. The number of amides is 1. The first-order chi connectivity index (χ1) is 14.1. The molecule has 1 heterocycles. The number of methoxy groups -OCH3 is 2. The fourth-order valence-corrected chi connectivity index (χ4v) is 2.59. The molecule has 8 heteroatoms. The van der Waals surface area contributed by atoms with E-state index < -0.39 is 5.97 Å². The Morgan fingerprint density at radius 3 is 2.34 bits per heavy atom. The molecule has 0 aliphatic rings. The van der Waals surface area contributed by atoms with Gasteiger partial charge in [0.15, 0.2) is 11.5 Å². The summed E-state index contributed by atoms with van der Waals surface area (Å²) in [7, 11) is 2.92. The van der Waals surface area contributed by atoms with Crippen LogP contribution in [0.3, 0.4) is 0 Å². The van der Waals surface area contributed by atoms with E-state index >= 15 is 0 Å². The summed E-state index contributed by atoms with van der Waals surface area (Å²) in [5.74, 6) is 0.436. The normalized spacial score (nSPS) is 10.1. The van der Waals surface area contributed by atoms with Crippen molar-refractivity contribution in [2.75, 3.05) is 19.5 Å². The molecule has 0 unspecified atom stereocenters. The molecule has 0 aliphatic carbocycles. The Hall–Kier alpha value is -3.94. The van der Waals surface area contributed by atoms with Crippen molar-refractivity contribution in [3.8, 4) is 5.75 Å². The van der Waals surface area contributed by atoms with Crippen molar-refractivity contribution in [2.45, 2.75) is 6.54 Å². The van der Waals surface area contributed by atoms with Crippen LogP contribution < -0.4 is 15.4 Å². The van der Waals surface area contributed by atoms with Gasteiger partial charge in [-0.2, -0.15) is 0 Å². The van der Waals surface area contributed by atoms with Crippen molar-refractivity contribution in [2.24, 2.45) is 0 Å². The highest BCUT2D eigenvalue weighted by Gasteiger charge is 2.10. The van der Waals surface area contributed by atoms with Crippen LogP contribution in [0, 0.1) is 0 Å². The van der Waals surface area contributed by atoms with Crippen molar-refractivity contribution in [1.82, 2.24) is 15.5 Å². The van der Waals surface area contributed by atoms with Gasteiger partial charge in [0.05, 0.1) is 19.8 Å². The van der Waals surface area contributed by atoms with Crippen LogP contribution in [-0.4, -0.2) is 36.3 Å². The molecule has 1 amide bonds. The van der Waals surface area contributed by atoms with E-state index in [1.54, 1.807) is 43.5 Å². The summed E-state index contributed by atoms with van der Waals surface area (Å²) < 4.78 is 9.93. The van der Waals surface area contributed by atoms with Crippen LogP contribution in [-0.2, 0) is 11.3 Å². The second-order valence-electron chi connectivity index (χ2n) is 5.99. The molecule has 0 saturated heterocycles. The number of hydrogen-bond donors (Lipinski definition) is 2. The summed E-state index contributed by atoms with van der Waals surface area (Å²) in [5, 5.41) is 13.8. The van der Waals surface area contributed by atoms with Gasteiger partial charge in [-0.15, -0.1) is 10.2 Å². The zero-order chi connectivity index (χ0) is 20.6. The molecule has 3 rings (SSSR count). The molecular weight excluding hydrogens is 372 g/mol. The number of aromatic nitrogens is 2. The summed E-state index contributed by atoms with van der Waals surface area (Å²) in [6.07, 6.45) is 0. The molecule has 0 radical (unpaired) electrons. The molecule has 2 aromatic carbocycles. The first kappa shape index (κ1) is 19.8. The Morgan fingerprint density at radius 1 is 0.931 bits per heavy atom. The Labute approximate surface area is 167 Å². The molecule has 0 aliphatic heterocycles. The third kappa shape index (κ3) is 5.07. The van der Waals surface area contributed by atoms with E-state index in [4.69, 9.17) is 4.74 Å². The lowest BCUT2D eigenvalue weighted by Gasteiger charge is -2.09. The van der Waals surface area contributed by atoms with Gasteiger partial charge in [0.2, 0.25) is 0 Å². The zero-order valence-corrected chi connectivity index (χ0v) is 16.0. The first-order valence-corrected chi connectivity index (χ1v) is 8.80. The van der Waals surface area contributed by atoms with E-state index in [1.807, 2.05) is 24.3 Å². The van der Waals surface area contributed by atoms with E-state index in [1.165, 1.54) is 7.11 Å². The van der Waals surface area contributed by atoms with Gasteiger partial charge in [0.25, 0.3) is 5.91 Å². The number of carbonyl (C=O) groups is 2. The van der Waals surface area contributed by atoms with Crippen LogP contribution in [0.5, 0.6) is 5.75 Å². The topological polar surface area (TPSA) is 102 Å². The van der Waals surface area contributed by atoms with Gasteiger partial charge < -0.3 is 20.1 Å². The van der Waals surface area contributed by atoms with Gasteiger partial charge in [0.1, 0.15) is 5.75 Å². The van der Waals surface area contributed by atoms with E-state index in [2.05, 4.69) is 25.6 Å². The molecule has 0 atom stereocenters. The number of anilines is 2. The van der Waals surface area contributed by atoms with Crippen LogP contribution in [0.1, 0.15) is 26.4 Å². The molecule has 1 aromatic heterocycles. The Bertz CT molecular complexity index is 988. The summed E-state index contributed by atoms with van der Waals surface area (Å²) >= 11 is 0. The molecule has 8 nitrogen and oxygen atoms in total. The quantitative estimate of drug-likeness (QED) is 0.596. The highest BCUT2D eigenvalue weighted by Crippen LogP contribution is 2.17. The number of carbonyl (C=O) groups excluding carboxylic acids is 2. The van der Waals surface area contributed by atoms with Crippen LogP contribution >= 0.6 is 0 Å². The second-order valence-corrected chi connectivity index (χ2v) is 5.99. The summed E-state index contributed by atoms with van der Waals surface area (Å²) in [6, 6.07) is 17.4. The minimum atomic E-state index is -0.403. The van der Waals surface area contributed by atoms with Crippen molar-refractivity contribution in [1.29, 1.82) is 0 Å². The summed E-state index contributed by atoms with van der Waals surface area (Å²) in [5.41, 5.74) is 2.24. The average molecular weight is 392 g/mol. The van der Waals surface area contributed by atoms with E-state index in [0.29, 0.717) is 23.7 Å². The standard InChI is InChI=1S/C21H20N4O4/c1-28-18-6-4-3-5-15(18)13-22-20(26)17-11-12-19(25-24-17)23-16-9-7-14(8-10-16)21(27)29-2/h3-12H,13H2,1-2H3,(H,22,26)(H,23,25). The van der Waals surface area contributed by atoms with Gasteiger partial charge in [-0.25, -0.2) is 4.79 Å². The first-order valence-electron chi connectivity index (χ1n) is 8.80.